The second-order valence-electron chi connectivity index (χ2n) is 10.1. The van der Waals surface area contributed by atoms with Crippen molar-refractivity contribution in [1.82, 2.24) is 14.7 Å². The van der Waals surface area contributed by atoms with Crippen LogP contribution in [0.1, 0.15) is 61.1 Å². The number of aromatic nitrogens is 2. The van der Waals surface area contributed by atoms with E-state index in [-0.39, 0.29) is 17.2 Å². The molecule has 0 atom stereocenters. The van der Waals surface area contributed by atoms with Gasteiger partial charge in [-0.05, 0) is 76.1 Å². The Kier molecular flexibility index (Phi) is 7.48. The Morgan fingerprint density at radius 3 is 2.29 bits per heavy atom. The van der Waals surface area contributed by atoms with Gasteiger partial charge in [0.25, 0.3) is 5.91 Å². The van der Waals surface area contributed by atoms with Crippen molar-refractivity contribution in [2.75, 3.05) is 18.4 Å². The summed E-state index contributed by atoms with van der Waals surface area (Å²) in [5.74, 6) is -1.26. The average molecular weight is 533 g/mol. The highest BCUT2D eigenvalue weighted by molar-refractivity contribution is 6.05. The molecule has 11 heteroatoms. The normalized spacial score (nSPS) is 14.9. The first-order valence-electron chi connectivity index (χ1n) is 12.1. The molecule has 2 amide bonds. The number of anilines is 1. The van der Waals surface area contributed by atoms with Crippen LogP contribution in [0, 0.1) is 5.82 Å². The minimum atomic E-state index is -4.55. The first kappa shape index (κ1) is 27.2. The third-order valence-corrected chi connectivity index (χ3v) is 6.10. The molecule has 1 N–H and O–H groups in total. The Bertz CT molecular complexity index is 1310. The molecule has 1 aliphatic heterocycles. The molecule has 0 spiro atoms. The fourth-order valence-electron chi connectivity index (χ4n) is 4.35. The van der Waals surface area contributed by atoms with Crippen molar-refractivity contribution in [3.8, 4) is 5.69 Å². The van der Waals surface area contributed by atoms with Gasteiger partial charge in [-0.2, -0.15) is 18.3 Å². The summed E-state index contributed by atoms with van der Waals surface area (Å²) in [4.78, 5) is 27.4. The molecule has 0 bridgehead atoms. The number of nitrogens with zero attached hydrogens (tertiary/aromatic N) is 3. The molecule has 1 fully saturated rings. The first-order valence-corrected chi connectivity index (χ1v) is 12.1. The monoisotopic (exact) mass is 532 g/mol. The Morgan fingerprint density at radius 1 is 1.03 bits per heavy atom. The summed E-state index contributed by atoms with van der Waals surface area (Å²) in [5.41, 5.74) is -0.289. The maximum absolute atomic E-state index is 13.6. The molecule has 0 aliphatic carbocycles. The zero-order chi connectivity index (χ0) is 27.7. The molecule has 1 aliphatic rings. The number of rotatable bonds is 4. The molecule has 2 aromatic carbocycles. The zero-order valence-electron chi connectivity index (χ0n) is 21.2. The van der Waals surface area contributed by atoms with Gasteiger partial charge < -0.3 is 15.0 Å². The molecule has 2 heterocycles. The Hall–Kier alpha value is -3.89. The summed E-state index contributed by atoms with van der Waals surface area (Å²) >= 11 is 0. The van der Waals surface area contributed by atoms with Gasteiger partial charge in [0.15, 0.2) is 0 Å². The minimum Gasteiger partial charge on any atom is -0.444 e. The molecule has 3 aromatic rings. The van der Waals surface area contributed by atoms with Crippen LogP contribution in [0.3, 0.4) is 0 Å². The molecule has 0 saturated carbocycles. The number of hydrogen-bond acceptors (Lipinski definition) is 4. The Balaban J connectivity index is 1.62. The van der Waals surface area contributed by atoms with Gasteiger partial charge in [0.2, 0.25) is 0 Å². The topological polar surface area (TPSA) is 76.5 Å². The highest BCUT2D eigenvalue weighted by Gasteiger charge is 2.33. The lowest BCUT2D eigenvalue weighted by Gasteiger charge is -2.34. The van der Waals surface area contributed by atoms with Crippen molar-refractivity contribution in [2.45, 2.75) is 51.3 Å². The van der Waals surface area contributed by atoms with Crippen LogP contribution in [-0.4, -0.2) is 45.4 Å². The predicted octanol–water partition coefficient (Wildman–Crippen LogP) is 6.40. The summed E-state index contributed by atoms with van der Waals surface area (Å²) in [6.07, 6.45) is -2.64. The number of ether oxygens (including phenoxy) is 1. The van der Waals surface area contributed by atoms with E-state index in [0.29, 0.717) is 37.3 Å². The number of piperidine rings is 1. The quantitative estimate of drug-likeness (QED) is 0.395. The molecular formula is C27H28F4N4O3. The molecule has 38 heavy (non-hydrogen) atoms. The second-order valence-corrected chi connectivity index (χ2v) is 10.1. The van der Waals surface area contributed by atoms with Crippen molar-refractivity contribution in [3.05, 3.63) is 77.4 Å². The van der Waals surface area contributed by atoms with Crippen LogP contribution in [0.2, 0.25) is 0 Å². The van der Waals surface area contributed by atoms with Gasteiger partial charge in [-0.15, -0.1) is 0 Å². The molecule has 0 unspecified atom stereocenters. The minimum absolute atomic E-state index is 0.00921. The van der Waals surface area contributed by atoms with Crippen LogP contribution in [0.5, 0.6) is 0 Å². The second kappa shape index (κ2) is 10.5. The molecule has 1 aromatic heterocycles. The summed E-state index contributed by atoms with van der Waals surface area (Å²) in [6.45, 7) is 6.11. The van der Waals surface area contributed by atoms with Crippen molar-refractivity contribution in [2.24, 2.45) is 0 Å². The van der Waals surface area contributed by atoms with Crippen molar-refractivity contribution >= 4 is 17.7 Å². The van der Waals surface area contributed by atoms with E-state index < -0.39 is 35.2 Å². The third-order valence-electron chi connectivity index (χ3n) is 6.10. The summed E-state index contributed by atoms with van der Waals surface area (Å²) in [7, 11) is 0. The number of benzene rings is 2. The molecule has 7 nitrogen and oxygen atoms in total. The van der Waals surface area contributed by atoms with Crippen LogP contribution in [0.25, 0.3) is 5.69 Å². The van der Waals surface area contributed by atoms with Crippen LogP contribution >= 0.6 is 0 Å². The van der Waals surface area contributed by atoms with Gasteiger partial charge in [0.05, 0.1) is 28.7 Å². The van der Waals surface area contributed by atoms with Crippen LogP contribution in [0.4, 0.5) is 28.0 Å². The number of carbonyl (C=O) groups excluding carboxylic acids is 2. The van der Waals surface area contributed by atoms with E-state index in [1.807, 2.05) is 0 Å². The van der Waals surface area contributed by atoms with E-state index in [1.54, 1.807) is 25.7 Å². The highest BCUT2D eigenvalue weighted by Crippen LogP contribution is 2.34. The number of amides is 2. The lowest BCUT2D eigenvalue weighted by molar-refractivity contribution is -0.137. The lowest BCUT2D eigenvalue weighted by atomic mass is 9.90. The summed E-state index contributed by atoms with van der Waals surface area (Å²) < 4.78 is 60.0. The SMILES string of the molecule is CC(C)(C)OC(=O)N1CCC(c2c(C(=O)Nc3cccc(C(F)(F)F)c3)cnn2-c2ccc(F)cc2)CC1. The predicted molar refractivity (Wildman–Crippen MR) is 133 cm³/mol. The summed E-state index contributed by atoms with van der Waals surface area (Å²) in [5, 5.41) is 6.90. The van der Waals surface area contributed by atoms with E-state index in [2.05, 4.69) is 10.4 Å². The van der Waals surface area contributed by atoms with E-state index in [9.17, 15) is 27.2 Å². The van der Waals surface area contributed by atoms with E-state index >= 15 is 0 Å². The number of nitrogens with one attached hydrogen (secondary N) is 1. The van der Waals surface area contributed by atoms with Crippen LogP contribution in [-0.2, 0) is 10.9 Å². The van der Waals surface area contributed by atoms with Gasteiger partial charge in [-0.25, -0.2) is 13.9 Å². The fraction of sp³-hybridized carbons (Fsp3) is 0.370. The first-order chi connectivity index (χ1) is 17.8. The number of hydrogen-bond donors (Lipinski definition) is 1. The average Bonchev–Trinajstić information content (AvgIpc) is 3.28. The largest absolute Gasteiger partial charge is 0.444 e. The number of alkyl halides is 3. The Labute approximate surface area is 217 Å². The highest BCUT2D eigenvalue weighted by atomic mass is 19.4. The van der Waals surface area contributed by atoms with Crippen molar-refractivity contribution < 1.29 is 31.9 Å². The smallest absolute Gasteiger partial charge is 0.416 e. The van der Waals surface area contributed by atoms with Crippen LogP contribution < -0.4 is 5.32 Å². The fourth-order valence-corrected chi connectivity index (χ4v) is 4.35. The van der Waals surface area contributed by atoms with Gasteiger partial charge in [0, 0.05) is 24.7 Å². The number of likely N-dealkylation sites (tertiary alicyclic amines) is 1. The zero-order valence-corrected chi connectivity index (χ0v) is 21.2. The molecule has 4 rings (SSSR count). The standard InChI is InChI=1S/C27H28F4N4O3/c1-26(2,3)38-25(37)34-13-11-17(12-14-34)23-22(16-32-35(23)21-9-7-19(28)8-10-21)24(36)33-20-6-4-5-18(15-20)27(29,30)31/h4-10,15-17H,11-14H2,1-3H3,(H,33,36). The van der Waals surface area contributed by atoms with E-state index in [4.69, 9.17) is 4.74 Å². The molecular weight excluding hydrogens is 504 g/mol. The third kappa shape index (κ3) is 6.32. The van der Waals surface area contributed by atoms with E-state index in [1.165, 1.54) is 47.3 Å². The molecule has 0 radical (unpaired) electrons. The maximum atomic E-state index is 13.6. The van der Waals surface area contributed by atoms with Gasteiger partial charge in [0.1, 0.15) is 11.4 Å². The van der Waals surface area contributed by atoms with Crippen LogP contribution in [0.15, 0.2) is 54.7 Å². The number of halogens is 4. The lowest BCUT2D eigenvalue weighted by Crippen LogP contribution is -2.41. The van der Waals surface area contributed by atoms with Crippen molar-refractivity contribution in [1.29, 1.82) is 0 Å². The van der Waals surface area contributed by atoms with E-state index in [0.717, 1.165) is 12.1 Å². The van der Waals surface area contributed by atoms with Gasteiger partial charge in [-0.1, -0.05) is 6.07 Å². The molecule has 202 valence electrons. The maximum Gasteiger partial charge on any atom is 0.416 e. The van der Waals surface area contributed by atoms with Gasteiger partial charge >= 0.3 is 12.3 Å². The Morgan fingerprint density at radius 2 is 1.68 bits per heavy atom. The number of carbonyl (C=O) groups is 2. The summed E-state index contributed by atoms with van der Waals surface area (Å²) in [6, 6.07) is 9.96. The van der Waals surface area contributed by atoms with Crippen molar-refractivity contribution in [3.63, 3.8) is 0 Å². The van der Waals surface area contributed by atoms with Gasteiger partial charge in [-0.3, -0.25) is 4.79 Å². The molecule has 1 saturated heterocycles.